The van der Waals surface area contributed by atoms with E-state index in [-0.39, 0.29) is 0 Å². The van der Waals surface area contributed by atoms with Crippen LogP contribution in [0.1, 0.15) is 37.1 Å². The minimum atomic E-state index is 0.574. The standard InChI is InChI=1S/C57H39N5O/c1-3-16-36(17-4-1)38-30-32-42-40-20-7-11-26-48(40)61(51(42)34-38)39-31-33-43-41-21-8-12-27-49(41)62(52(43)35-39)50-28-13-9-23-46(50)56-58-55(37-18-5-2-6-19-37)59-57(60-56)47-25-15-24-45-44-22-10-14-29-53(44)63-54(45)47/h1,3,5,7-16,18-35H,2,4,6,17H2. The van der Waals surface area contributed by atoms with Gasteiger partial charge in [0, 0.05) is 49.1 Å². The first kappa shape index (κ1) is 35.6. The molecule has 0 N–H and O–H groups in total. The van der Waals surface area contributed by atoms with E-state index < -0.39 is 0 Å². The zero-order chi connectivity index (χ0) is 41.4. The molecule has 0 saturated heterocycles. The molecule has 0 amide bonds. The summed E-state index contributed by atoms with van der Waals surface area (Å²) in [6.45, 7) is 0. The summed E-state index contributed by atoms with van der Waals surface area (Å²) in [5.41, 5.74) is 13.7. The summed E-state index contributed by atoms with van der Waals surface area (Å²) in [5.74, 6) is 1.82. The van der Waals surface area contributed by atoms with Crippen LogP contribution in [-0.2, 0) is 0 Å². The highest BCUT2D eigenvalue weighted by atomic mass is 16.3. The quantitative estimate of drug-likeness (QED) is 0.168. The Labute approximate surface area is 363 Å². The van der Waals surface area contributed by atoms with Crippen LogP contribution in [0.15, 0.2) is 193 Å². The minimum absolute atomic E-state index is 0.574. The number of aromatic nitrogens is 5. The lowest BCUT2D eigenvalue weighted by Crippen LogP contribution is -2.05. The lowest BCUT2D eigenvalue weighted by atomic mass is 9.96. The van der Waals surface area contributed by atoms with E-state index >= 15 is 0 Å². The van der Waals surface area contributed by atoms with Gasteiger partial charge in [0.15, 0.2) is 17.5 Å². The number of furan rings is 1. The van der Waals surface area contributed by atoms with Gasteiger partial charge in [0.25, 0.3) is 0 Å². The van der Waals surface area contributed by atoms with Gasteiger partial charge in [-0.2, -0.15) is 0 Å². The highest BCUT2D eigenvalue weighted by Crippen LogP contribution is 2.41. The van der Waals surface area contributed by atoms with Crippen LogP contribution < -0.4 is 0 Å². The first-order chi connectivity index (χ1) is 31.2. The number of nitrogens with zero attached hydrogens (tertiary/aromatic N) is 5. The number of fused-ring (bicyclic) bond motifs is 9. The molecule has 4 aromatic heterocycles. The highest BCUT2D eigenvalue weighted by Gasteiger charge is 2.23. The van der Waals surface area contributed by atoms with E-state index in [1.165, 1.54) is 43.7 Å². The van der Waals surface area contributed by atoms with E-state index in [0.29, 0.717) is 17.5 Å². The van der Waals surface area contributed by atoms with Gasteiger partial charge in [-0.1, -0.05) is 134 Å². The Morgan fingerprint density at radius 3 is 1.95 bits per heavy atom. The van der Waals surface area contributed by atoms with Gasteiger partial charge in [-0.15, -0.1) is 0 Å². The van der Waals surface area contributed by atoms with Crippen molar-refractivity contribution in [1.29, 1.82) is 0 Å². The van der Waals surface area contributed by atoms with E-state index in [1.807, 2.05) is 18.2 Å². The Bertz CT molecular complexity index is 3810. The molecule has 0 saturated carbocycles. The molecule has 11 aromatic rings. The number of hydrogen-bond donors (Lipinski definition) is 0. The summed E-state index contributed by atoms with van der Waals surface area (Å²) >= 11 is 0. The molecule has 298 valence electrons. The highest BCUT2D eigenvalue weighted by molar-refractivity contribution is 6.13. The molecule has 4 heterocycles. The molecular formula is C57H39N5O. The van der Waals surface area contributed by atoms with Gasteiger partial charge in [-0.25, -0.2) is 15.0 Å². The maximum Gasteiger partial charge on any atom is 0.167 e. The second-order valence-corrected chi connectivity index (χ2v) is 16.5. The van der Waals surface area contributed by atoms with Gasteiger partial charge in [0.2, 0.25) is 0 Å². The summed E-state index contributed by atoms with van der Waals surface area (Å²) in [6.07, 6.45) is 17.3. The summed E-state index contributed by atoms with van der Waals surface area (Å²) in [5, 5.41) is 6.95. The Morgan fingerprint density at radius 2 is 1.14 bits per heavy atom. The molecule has 2 aliphatic carbocycles. The van der Waals surface area contributed by atoms with E-state index in [4.69, 9.17) is 19.4 Å². The van der Waals surface area contributed by atoms with Gasteiger partial charge in [-0.3, -0.25) is 0 Å². The number of rotatable bonds is 6. The Balaban J connectivity index is 1.05. The van der Waals surface area contributed by atoms with Gasteiger partial charge in [0.1, 0.15) is 11.2 Å². The average Bonchev–Trinajstić information content (AvgIpc) is 4.01. The second kappa shape index (κ2) is 14.3. The molecule has 0 bridgehead atoms. The average molecular weight is 810 g/mol. The van der Waals surface area contributed by atoms with Gasteiger partial charge in [-0.05, 0) is 91.4 Å². The van der Waals surface area contributed by atoms with Gasteiger partial charge in [0.05, 0.1) is 33.3 Å². The summed E-state index contributed by atoms with van der Waals surface area (Å²) in [4.78, 5) is 15.8. The van der Waals surface area contributed by atoms with Crippen molar-refractivity contribution in [2.75, 3.05) is 0 Å². The fourth-order valence-electron chi connectivity index (χ4n) is 9.96. The third-order valence-electron chi connectivity index (χ3n) is 12.9. The van der Waals surface area contributed by atoms with Crippen molar-refractivity contribution in [2.45, 2.75) is 25.7 Å². The molecule has 0 atom stereocenters. The number of para-hydroxylation sites is 5. The van der Waals surface area contributed by atoms with Crippen LogP contribution >= 0.6 is 0 Å². The fraction of sp³-hybridized carbons (Fsp3) is 0.0702. The Kier molecular flexibility index (Phi) is 8.06. The molecule has 0 fully saturated rings. The van der Waals surface area contributed by atoms with Crippen LogP contribution in [0.3, 0.4) is 0 Å². The zero-order valence-corrected chi connectivity index (χ0v) is 34.4. The normalized spacial score (nSPS) is 14.2. The lowest BCUT2D eigenvalue weighted by Gasteiger charge is -2.16. The number of benzene rings is 7. The molecule has 0 aliphatic heterocycles. The molecule has 6 heteroatoms. The lowest BCUT2D eigenvalue weighted by molar-refractivity contribution is 0.669. The monoisotopic (exact) mass is 809 g/mol. The molecule has 0 radical (unpaired) electrons. The smallest absolute Gasteiger partial charge is 0.167 e. The van der Waals surface area contributed by atoms with Crippen molar-refractivity contribution in [1.82, 2.24) is 24.1 Å². The second-order valence-electron chi connectivity index (χ2n) is 16.5. The Morgan fingerprint density at radius 1 is 0.476 bits per heavy atom. The van der Waals surface area contributed by atoms with Crippen LogP contribution in [-0.4, -0.2) is 24.1 Å². The molecule has 2 aliphatic rings. The van der Waals surface area contributed by atoms with Crippen LogP contribution in [0, 0.1) is 0 Å². The maximum absolute atomic E-state index is 6.54. The number of hydrogen-bond acceptors (Lipinski definition) is 4. The van der Waals surface area contributed by atoms with Gasteiger partial charge >= 0.3 is 0 Å². The predicted octanol–water partition coefficient (Wildman–Crippen LogP) is 14.8. The molecular weight excluding hydrogens is 771 g/mol. The largest absolute Gasteiger partial charge is 0.455 e. The molecule has 13 rings (SSSR count). The fourth-order valence-corrected chi connectivity index (χ4v) is 9.96. The van der Waals surface area contributed by atoms with Crippen molar-refractivity contribution in [2.24, 2.45) is 0 Å². The van der Waals surface area contributed by atoms with E-state index in [1.54, 1.807) is 0 Å². The van der Waals surface area contributed by atoms with Crippen LogP contribution in [0.25, 0.3) is 111 Å². The van der Waals surface area contributed by atoms with Crippen LogP contribution in [0.2, 0.25) is 0 Å². The predicted molar refractivity (Wildman–Crippen MR) is 259 cm³/mol. The Hall–Kier alpha value is -8.09. The third kappa shape index (κ3) is 5.68. The van der Waals surface area contributed by atoms with Gasteiger partial charge < -0.3 is 13.6 Å². The van der Waals surface area contributed by atoms with Crippen molar-refractivity contribution in [3.05, 3.63) is 200 Å². The SMILES string of the molecule is C1=CCCC(c2ccc3c4ccccc4n(-c4ccc5c6ccccc6n(-c6ccccc6-c6nc(C7=CCCC=C7)nc(-c7cccc8c7oc7ccccc78)n6)c5c4)c3c2)=C1. The number of allylic oxidation sites excluding steroid dienone is 8. The maximum atomic E-state index is 6.54. The summed E-state index contributed by atoms with van der Waals surface area (Å²) in [6, 6.07) is 54.3. The van der Waals surface area contributed by atoms with Crippen molar-refractivity contribution in [3.63, 3.8) is 0 Å². The summed E-state index contributed by atoms with van der Waals surface area (Å²) < 4.78 is 11.4. The molecule has 7 aromatic carbocycles. The molecule has 0 spiro atoms. The zero-order valence-electron chi connectivity index (χ0n) is 34.4. The van der Waals surface area contributed by atoms with Crippen LogP contribution in [0.5, 0.6) is 0 Å². The molecule has 63 heavy (non-hydrogen) atoms. The van der Waals surface area contributed by atoms with E-state index in [9.17, 15) is 0 Å². The first-order valence-corrected chi connectivity index (χ1v) is 21.8. The third-order valence-corrected chi connectivity index (χ3v) is 12.9. The van der Waals surface area contributed by atoms with E-state index in [0.717, 1.165) is 86.7 Å². The van der Waals surface area contributed by atoms with E-state index in [2.05, 4.69) is 179 Å². The van der Waals surface area contributed by atoms with Crippen molar-refractivity contribution >= 4 is 76.7 Å². The first-order valence-electron chi connectivity index (χ1n) is 21.8. The van der Waals surface area contributed by atoms with Crippen molar-refractivity contribution in [3.8, 4) is 34.2 Å². The summed E-state index contributed by atoms with van der Waals surface area (Å²) in [7, 11) is 0. The van der Waals surface area contributed by atoms with Crippen LogP contribution in [0.4, 0.5) is 0 Å². The topological polar surface area (TPSA) is 61.7 Å². The molecule has 0 unspecified atom stereocenters. The minimum Gasteiger partial charge on any atom is -0.455 e. The molecule has 6 nitrogen and oxygen atoms in total. The van der Waals surface area contributed by atoms with Crippen molar-refractivity contribution < 1.29 is 4.42 Å².